The van der Waals surface area contributed by atoms with E-state index in [1.807, 2.05) is 0 Å². The van der Waals surface area contributed by atoms with Gasteiger partial charge in [0.2, 0.25) is 0 Å². The fraction of sp³-hybridized carbons (Fsp3) is 1.00. The Balaban J connectivity index is 0.000000255. The number of hydrogen-bond donors (Lipinski definition) is 12. The first kappa shape index (κ1) is 70.5. The quantitative estimate of drug-likeness (QED) is 0.0387. The van der Waals surface area contributed by atoms with Crippen molar-refractivity contribution in [1.29, 1.82) is 0 Å². The maximum Gasteiger partial charge on any atom is 0.191 e. The Morgan fingerprint density at radius 3 is 1.15 bits per heavy atom. The standard InChI is InChI=1S/C18H33FO8.2C18H34O8/c1-2-3-4-5-6-7-8-24-17-13(19)14(21)12(27-17)10-25-18-16(23)15(22)11(9-20)26-18;1-2-3-4-5-6-7-8-23-15-9-12(20)14(25-15)11-24-18-17(22)16(21)13(10-19)26-18;1-2-3-4-5-6-7-8-23-17-13(20)9-12(25-17)11-24-18-16(22)15(21)14(10-19)26-18/h11-18,20-23H,2-10H2,1H3;2*12-22H,2-11H2,1H3/t11-,12-,13?,14+,15+,16?,17+,18+;12-,13-,14-,15+,16+,17?,18+;12-,13?,14+,15-,16?,17-,18-/m110/s1. The van der Waals surface area contributed by atoms with Crippen molar-refractivity contribution >= 4 is 0 Å². The largest absolute Gasteiger partial charge is 0.394 e. The van der Waals surface area contributed by atoms with Crippen molar-refractivity contribution in [3.63, 3.8) is 0 Å². The molecule has 22 atom stereocenters. The van der Waals surface area contributed by atoms with Gasteiger partial charge in [0.05, 0.1) is 51.8 Å². The van der Waals surface area contributed by atoms with Crippen LogP contribution in [0.25, 0.3) is 0 Å². The lowest BCUT2D eigenvalue weighted by molar-refractivity contribution is -0.204. The lowest BCUT2D eigenvalue weighted by Gasteiger charge is -2.20. The maximum atomic E-state index is 14.2. The molecule has 0 amide bonds. The molecule has 6 fully saturated rings. The Bertz CT molecular complexity index is 1520. The maximum absolute atomic E-state index is 14.2. The number of unbranched alkanes of at least 4 members (excludes halogenated alkanes) is 15. The third kappa shape index (κ3) is 23.7. The summed E-state index contributed by atoms with van der Waals surface area (Å²) in [5.74, 6) is 0. The lowest BCUT2D eigenvalue weighted by Crippen LogP contribution is -2.37. The lowest BCUT2D eigenvalue weighted by atomic mass is 10.1. The van der Waals surface area contributed by atoms with E-state index in [0.29, 0.717) is 32.7 Å². The van der Waals surface area contributed by atoms with E-state index in [1.54, 1.807) is 0 Å². The van der Waals surface area contributed by atoms with E-state index in [9.17, 15) is 50.3 Å². The Morgan fingerprint density at radius 1 is 0.342 bits per heavy atom. The van der Waals surface area contributed by atoms with E-state index >= 15 is 0 Å². The van der Waals surface area contributed by atoms with Crippen molar-refractivity contribution in [2.75, 3.05) is 59.5 Å². The zero-order chi connectivity index (χ0) is 57.7. The van der Waals surface area contributed by atoms with Crippen LogP contribution in [-0.2, 0) is 56.8 Å². The monoisotopic (exact) mass is 1150 g/mol. The van der Waals surface area contributed by atoms with E-state index in [2.05, 4.69) is 20.8 Å². The van der Waals surface area contributed by atoms with Gasteiger partial charge in [-0.2, -0.15) is 0 Å². The number of halogens is 1. The number of aliphatic hydroxyl groups is 12. The van der Waals surface area contributed by atoms with Gasteiger partial charge in [0, 0.05) is 32.7 Å². The van der Waals surface area contributed by atoms with Crippen LogP contribution in [0.5, 0.6) is 0 Å². The molecule has 0 aromatic carbocycles. The highest BCUT2D eigenvalue weighted by Gasteiger charge is 2.49. The summed E-state index contributed by atoms with van der Waals surface area (Å²) in [4.78, 5) is 0. The molecule has 468 valence electrons. The van der Waals surface area contributed by atoms with Crippen LogP contribution < -0.4 is 0 Å². The van der Waals surface area contributed by atoms with Gasteiger partial charge in [0.15, 0.2) is 43.9 Å². The average molecular weight is 1150 g/mol. The topological polar surface area (TPSA) is 354 Å². The van der Waals surface area contributed by atoms with Crippen molar-refractivity contribution in [3.8, 4) is 0 Å². The Kier molecular flexibility index (Phi) is 35.3. The highest BCUT2D eigenvalue weighted by molar-refractivity contribution is 4.91. The fourth-order valence-electron chi connectivity index (χ4n) is 9.74. The molecule has 0 aromatic rings. The van der Waals surface area contributed by atoms with Crippen LogP contribution in [0.2, 0.25) is 0 Å². The predicted octanol–water partition coefficient (Wildman–Crippen LogP) is 0.833. The SMILES string of the molecule is CCCCCCCCO[C@@H]1C[C@@H](O)[C@@H](CO[C@H]2O[C@H](CO)[C@H](O)C2O)O1.CCCCCCCCO[C@H]1O[C@H](CO[C@H]2O[C@H](CO)[C@H](O)C2O)CC1O.CCCCCCCCO[C@H]1O[C@H](CO[C@H]2O[C@H](CO)[C@H](O)C2O)[C@H](O)C1F. The first-order chi connectivity index (χ1) is 38.1. The van der Waals surface area contributed by atoms with Gasteiger partial charge in [0.25, 0.3) is 0 Å². The number of rotatable bonds is 36. The molecule has 6 heterocycles. The molecule has 0 aliphatic carbocycles. The second kappa shape index (κ2) is 39.6. The van der Waals surface area contributed by atoms with Gasteiger partial charge < -0.3 is 118 Å². The highest BCUT2D eigenvalue weighted by Crippen LogP contribution is 2.30. The van der Waals surface area contributed by atoms with Crippen molar-refractivity contribution in [2.45, 2.75) is 285 Å². The van der Waals surface area contributed by atoms with Crippen LogP contribution in [0.15, 0.2) is 0 Å². The molecule has 24 nitrogen and oxygen atoms in total. The molecule has 6 saturated heterocycles. The summed E-state index contributed by atoms with van der Waals surface area (Å²) in [5, 5.41) is 116. The van der Waals surface area contributed by atoms with Gasteiger partial charge >= 0.3 is 0 Å². The van der Waals surface area contributed by atoms with Gasteiger partial charge in [-0.3, -0.25) is 0 Å². The molecular formula is C54H101FO24. The normalized spacial score (nSPS) is 38.1. The molecule has 6 aliphatic rings. The summed E-state index contributed by atoms with van der Waals surface area (Å²) in [6.07, 6.45) is -0.868. The molecule has 5 unspecified atom stereocenters. The van der Waals surface area contributed by atoms with E-state index in [0.717, 1.165) is 44.9 Å². The fourth-order valence-corrected chi connectivity index (χ4v) is 9.74. The van der Waals surface area contributed by atoms with Gasteiger partial charge in [-0.25, -0.2) is 4.39 Å². The molecule has 6 aliphatic heterocycles. The number of alkyl halides is 1. The second-order valence-electron chi connectivity index (χ2n) is 21.4. The third-order valence-corrected chi connectivity index (χ3v) is 14.8. The van der Waals surface area contributed by atoms with Crippen LogP contribution in [0, 0.1) is 0 Å². The molecule has 0 aromatic heterocycles. The minimum Gasteiger partial charge on any atom is -0.394 e. The first-order valence-electron chi connectivity index (χ1n) is 29.3. The minimum absolute atomic E-state index is 0.00460. The van der Waals surface area contributed by atoms with Gasteiger partial charge in [-0.15, -0.1) is 0 Å². The predicted molar refractivity (Wildman–Crippen MR) is 277 cm³/mol. The summed E-state index contributed by atoms with van der Waals surface area (Å²) in [6.45, 7) is 6.62. The second-order valence-corrected chi connectivity index (χ2v) is 21.4. The third-order valence-electron chi connectivity index (χ3n) is 14.8. The summed E-state index contributed by atoms with van der Waals surface area (Å²) in [6, 6.07) is 0. The molecule has 6 rings (SSSR count). The van der Waals surface area contributed by atoms with Gasteiger partial charge in [0.1, 0.15) is 79.4 Å². The molecule has 25 heteroatoms. The van der Waals surface area contributed by atoms with Crippen molar-refractivity contribution in [2.24, 2.45) is 0 Å². The van der Waals surface area contributed by atoms with E-state index < -0.39 is 149 Å². The summed E-state index contributed by atoms with van der Waals surface area (Å²) in [5.41, 5.74) is 0. The number of ether oxygens (including phenoxy) is 12. The Morgan fingerprint density at radius 2 is 0.722 bits per heavy atom. The molecule has 0 saturated carbocycles. The van der Waals surface area contributed by atoms with E-state index in [1.165, 1.54) is 70.6 Å². The first-order valence-corrected chi connectivity index (χ1v) is 29.3. The molecule has 0 radical (unpaired) electrons. The molecule has 12 N–H and O–H groups in total. The van der Waals surface area contributed by atoms with Crippen LogP contribution >= 0.6 is 0 Å². The summed E-state index contributed by atoms with van der Waals surface area (Å²) in [7, 11) is 0. The molecular weight excluding hydrogens is 1050 g/mol. The Labute approximate surface area is 465 Å². The van der Waals surface area contributed by atoms with Crippen molar-refractivity contribution in [1.82, 2.24) is 0 Å². The number of hydrogen-bond acceptors (Lipinski definition) is 24. The Hall–Kier alpha value is -1.03. The minimum atomic E-state index is -1.69. The van der Waals surface area contributed by atoms with Crippen molar-refractivity contribution < 1.29 is 123 Å². The van der Waals surface area contributed by atoms with Crippen molar-refractivity contribution in [3.05, 3.63) is 0 Å². The van der Waals surface area contributed by atoms with Gasteiger partial charge in [-0.05, 0) is 19.3 Å². The zero-order valence-electron chi connectivity index (χ0n) is 46.9. The summed E-state index contributed by atoms with van der Waals surface area (Å²) >= 11 is 0. The van der Waals surface area contributed by atoms with E-state index in [-0.39, 0.29) is 25.9 Å². The van der Waals surface area contributed by atoms with E-state index in [4.69, 9.17) is 72.2 Å². The smallest absolute Gasteiger partial charge is 0.191 e. The van der Waals surface area contributed by atoms with Gasteiger partial charge in [-0.1, -0.05) is 117 Å². The highest BCUT2D eigenvalue weighted by atomic mass is 19.1. The van der Waals surface area contributed by atoms with Crippen LogP contribution in [-0.4, -0.2) is 256 Å². The molecule has 79 heavy (non-hydrogen) atoms. The van der Waals surface area contributed by atoms with Crippen LogP contribution in [0.1, 0.15) is 149 Å². The van der Waals surface area contributed by atoms with Crippen LogP contribution in [0.3, 0.4) is 0 Å². The van der Waals surface area contributed by atoms with Crippen LogP contribution in [0.4, 0.5) is 4.39 Å². The number of aliphatic hydroxyl groups excluding tert-OH is 12. The summed E-state index contributed by atoms with van der Waals surface area (Å²) < 4.78 is 79.3. The zero-order valence-corrected chi connectivity index (χ0v) is 46.9. The molecule has 0 bridgehead atoms. The molecule has 0 spiro atoms. The average Bonchev–Trinajstić information content (AvgIpc) is 4.28.